The minimum Gasteiger partial charge on any atom is -0.315 e. The lowest BCUT2D eigenvalue weighted by molar-refractivity contribution is 0.684. The summed E-state index contributed by atoms with van der Waals surface area (Å²) in [6.07, 6.45) is 1.76. The third-order valence-electron chi connectivity index (χ3n) is 3.00. The molecule has 20 heavy (non-hydrogen) atoms. The van der Waals surface area contributed by atoms with Crippen molar-refractivity contribution in [3.8, 4) is 0 Å². The summed E-state index contributed by atoms with van der Waals surface area (Å²) < 4.78 is 0. The average Bonchev–Trinajstić information content (AvgIpc) is 2.87. The summed E-state index contributed by atoms with van der Waals surface area (Å²) in [5, 5.41) is 6.79. The first-order valence-corrected chi connectivity index (χ1v) is 7.39. The zero-order valence-electron chi connectivity index (χ0n) is 10.5. The van der Waals surface area contributed by atoms with E-state index in [-0.39, 0.29) is 4.87 Å². The monoisotopic (exact) mass is 305 g/mol. The lowest BCUT2D eigenvalue weighted by Gasteiger charge is -2.08. The molecule has 0 aliphatic carbocycles. The van der Waals surface area contributed by atoms with Gasteiger partial charge in [0.1, 0.15) is 0 Å². The van der Waals surface area contributed by atoms with Gasteiger partial charge in [0.15, 0.2) is 0 Å². The highest BCUT2D eigenvalue weighted by molar-refractivity contribution is 7.07. The number of benzene rings is 1. The lowest BCUT2D eigenvalue weighted by Crippen LogP contribution is -2.14. The van der Waals surface area contributed by atoms with Crippen molar-refractivity contribution in [2.45, 2.75) is 13.1 Å². The quantitative estimate of drug-likeness (QED) is 0.779. The topological polar surface area (TPSA) is 57.8 Å². The summed E-state index contributed by atoms with van der Waals surface area (Å²) in [5.41, 5.74) is 2.89. The van der Waals surface area contributed by atoms with Gasteiger partial charge in [-0.2, -0.15) is 0 Å². The van der Waals surface area contributed by atoms with Crippen molar-refractivity contribution in [1.82, 2.24) is 15.3 Å². The van der Waals surface area contributed by atoms with E-state index in [0.717, 1.165) is 22.2 Å². The number of H-pyrrole nitrogens is 1. The van der Waals surface area contributed by atoms with Crippen LogP contribution in [0, 0.1) is 0 Å². The summed E-state index contributed by atoms with van der Waals surface area (Å²) in [7, 11) is 0. The van der Waals surface area contributed by atoms with Gasteiger partial charge in [0.05, 0.1) is 5.52 Å². The highest BCUT2D eigenvalue weighted by atomic mass is 35.5. The molecule has 0 atom stereocenters. The number of pyridine rings is 1. The zero-order chi connectivity index (χ0) is 13.9. The number of rotatable bonds is 4. The molecular formula is C14H12ClN3OS. The predicted molar refractivity (Wildman–Crippen MR) is 82.2 cm³/mol. The predicted octanol–water partition coefficient (Wildman–Crippen LogP) is 2.93. The first-order chi connectivity index (χ1) is 9.74. The maximum absolute atomic E-state index is 11.0. The largest absolute Gasteiger partial charge is 0.315 e. The van der Waals surface area contributed by atoms with Gasteiger partial charge in [-0.3, -0.25) is 9.78 Å². The Labute approximate surface area is 124 Å². The van der Waals surface area contributed by atoms with Gasteiger partial charge in [0.2, 0.25) is 0 Å². The Kier molecular flexibility index (Phi) is 3.82. The normalized spacial score (nSPS) is 11.1. The number of thiazole rings is 1. The van der Waals surface area contributed by atoms with Gasteiger partial charge in [-0.15, -0.1) is 0 Å². The second kappa shape index (κ2) is 5.75. The summed E-state index contributed by atoms with van der Waals surface area (Å²) >= 11 is 7.34. The first kappa shape index (κ1) is 13.3. The molecule has 0 saturated heterocycles. The molecule has 0 spiro atoms. The van der Waals surface area contributed by atoms with Crippen LogP contribution in [0.25, 0.3) is 10.9 Å². The Morgan fingerprint density at radius 2 is 2.20 bits per heavy atom. The molecule has 0 aliphatic rings. The fourth-order valence-corrected chi connectivity index (χ4v) is 2.87. The van der Waals surface area contributed by atoms with E-state index in [0.29, 0.717) is 18.1 Å². The number of hydrogen-bond acceptors (Lipinski definition) is 4. The van der Waals surface area contributed by atoms with E-state index in [9.17, 15) is 4.79 Å². The van der Waals surface area contributed by atoms with E-state index in [4.69, 9.17) is 11.6 Å². The molecule has 2 heterocycles. The molecule has 2 aromatic heterocycles. The number of aromatic amines is 1. The van der Waals surface area contributed by atoms with Gasteiger partial charge in [0, 0.05) is 40.8 Å². The van der Waals surface area contributed by atoms with Crippen molar-refractivity contribution in [1.29, 1.82) is 0 Å². The van der Waals surface area contributed by atoms with Crippen LogP contribution in [0.1, 0.15) is 11.3 Å². The average molecular weight is 306 g/mol. The van der Waals surface area contributed by atoms with Crippen molar-refractivity contribution < 1.29 is 0 Å². The molecule has 0 radical (unpaired) electrons. The van der Waals surface area contributed by atoms with E-state index in [2.05, 4.69) is 15.3 Å². The molecule has 6 heteroatoms. The fourth-order valence-electron chi connectivity index (χ4n) is 2.07. The Balaban J connectivity index is 1.78. The maximum Gasteiger partial charge on any atom is 0.304 e. The minimum absolute atomic E-state index is 0.0274. The van der Waals surface area contributed by atoms with Gasteiger partial charge in [-0.25, -0.2) is 0 Å². The Morgan fingerprint density at radius 3 is 3.00 bits per heavy atom. The molecule has 2 N–H and O–H groups in total. The number of hydrogen-bond donors (Lipinski definition) is 2. The second-order valence-electron chi connectivity index (χ2n) is 4.38. The van der Waals surface area contributed by atoms with Crippen molar-refractivity contribution in [2.24, 2.45) is 0 Å². The highest BCUT2D eigenvalue weighted by Gasteiger charge is 2.05. The summed E-state index contributed by atoms with van der Waals surface area (Å²) in [6.45, 7) is 1.29. The van der Waals surface area contributed by atoms with Crippen LogP contribution in [0.3, 0.4) is 0 Å². The van der Waals surface area contributed by atoms with Gasteiger partial charge in [-0.05, 0) is 23.8 Å². The zero-order valence-corrected chi connectivity index (χ0v) is 12.1. The summed E-state index contributed by atoms with van der Waals surface area (Å²) in [4.78, 5) is 18.2. The number of aromatic nitrogens is 2. The molecule has 1 aromatic carbocycles. The molecule has 102 valence electrons. The number of nitrogens with one attached hydrogen (secondary N) is 2. The van der Waals surface area contributed by atoms with E-state index < -0.39 is 0 Å². The summed E-state index contributed by atoms with van der Waals surface area (Å²) in [5.74, 6) is 0. The molecule has 0 fully saturated rings. The van der Waals surface area contributed by atoms with Gasteiger partial charge in [0.25, 0.3) is 0 Å². The van der Waals surface area contributed by atoms with Crippen LogP contribution in [0.2, 0.25) is 5.02 Å². The molecule has 3 aromatic rings. The van der Waals surface area contributed by atoms with Crippen LogP contribution < -0.4 is 10.2 Å². The van der Waals surface area contributed by atoms with Gasteiger partial charge < -0.3 is 10.3 Å². The molecule has 4 nitrogen and oxygen atoms in total. The van der Waals surface area contributed by atoms with Gasteiger partial charge >= 0.3 is 4.87 Å². The van der Waals surface area contributed by atoms with E-state index >= 15 is 0 Å². The molecule has 3 rings (SSSR count). The molecular weight excluding hydrogens is 294 g/mol. The van der Waals surface area contributed by atoms with Crippen molar-refractivity contribution >= 4 is 33.8 Å². The van der Waals surface area contributed by atoms with Crippen LogP contribution in [0.5, 0.6) is 0 Å². The molecule has 0 saturated carbocycles. The Hall–Kier alpha value is -1.69. The van der Waals surface area contributed by atoms with Crippen LogP contribution in [-0.4, -0.2) is 9.97 Å². The SMILES string of the molecule is O=c1[nH]c(CNCc2ccc(Cl)c3cccnc23)cs1. The van der Waals surface area contributed by atoms with Crippen molar-refractivity contribution in [3.63, 3.8) is 0 Å². The van der Waals surface area contributed by atoms with E-state index in [1.54, 1.807) is 6.20 Å². The summed E-state index contributed by atoms with van der Waals surface area (Å²) in [6, 6.07) is 7.70. The van der Waals surface area contributed by atoms with Crippen LogP contribution in [0.15, 0.2) is 40.6 Å². The number of halogens is 1. The Morgan fingerprint density at radius 1 is 1.30 bits per heavy atom. The molecule has 0 bridgehead atoms. The van der Waals surface area contributed by atoms with E-state index in [1.165, 1.54) is 11.3 Å². The smallest absolute Gasteiger partial charge is 0.304 e. The number of nitrogens with zero attached hydrogens (tertiary/aromatic N) is 1. The lowest BCUT2D eigenvalue weighted by atomic mass is 10.1. The Bertz CT molecular complexity index is 796. The van der Waals surface area contributed by atoms with Crippen molar-refractivity contribution in [2.75, 3.05) is 0 Å². The molecule has 0 unspecified atom stereocenters. The minimum atomic E-state index is -0.0274. The third kappa shape index (κ3) is 2.75. The second-order valence-corrected chi connectivity index (χ2v) is 5.63. The fraction of sp³-hybridized carbons (Fsp3) is 0.143. The van der Waals surface area contributed by atoms with Crippen LogP contribution in [-0.2, 0) is 13.1 Å². The molecule has 0 amide bonds. The van der Waals surface area contributed by atoms with Crippen LogP contribution >= 0.6 is 22.9 Å². The van der Waals surface area contributed by atoms with Crippen LogP contribution in [0.4, 0.5) is 0 Å². The van der Waals surface area contributed by atoms with Crippen molar-refractivity contribution in [3.05, 3.63) is 61.8 Å². The number of fused-ring (bicyclic) bond motifs is 1. The highest BCUT2D eigenvalue weighted by Crippen LogP contribution is 2.24. The van der Waals surface area contributed by atoms with E-state index in [1.807, 2.05) is 29.6 Å². The molecule has 0 aliphatic heterocycles. The third-order valence-corrected chi connectivity index (χ3v) is 4.05. The first-order valence-electron chi connectivity index (χ1n) is 6.13. The maximum atomic E-state index is 11.0. The standard InChI is InChI=1S/C14H12ClN3OS/c15-12-4-3-9(13-11(12)2-1-5-17-13)6-16-7-10-8-20-14(19)18-10/h1-5,8,16H,6-7H2,(H,18,19). The van der Waals surface area contributed by atoms with Gasteiger partial charge in [-0.1, -0.05) is 29.0 Å².